The Bertz CT molecular complexity index is 478. The third-order valence-electron chi connectivity index (χ3n) is 3.09. The number of hydrogen-bond donors (Lipinski definition) is 1. The Labute approximate surface area is 134 Å². The van der Waals surface area contributed by atoms with Gasteiger partial charge in [-0.15, -0.1) is 0 Å². The molecule has 4 nitrogen and oxygen atoms in total. The molecule has 1 aliphatic carbocycles. The van der Waals surface area contributed by atoms with Crippen LogP contribution in [0, 0.1) is 5.92 Å². The molecule has 0 unspecified atom stereocenters. The maximum absolute atomic E-state index is 11.6. The number of halogens is 2. The Morgan fingerprint density at radius 1 is 1.33 bits per heavy atom. The summed E-state index contributed by atoms with van der Waals surface area (Å²) in [4.78, 5) is 11.6. The first-order chi connectivity index (χ1) is 10.1. The second-order valence-electron chi connectivity index (χ2n) is 5.09. The van der Waals surface area contributed by atoms with Crippen molar-refractivity contribution in [3.63, 3.8) is 0 Å². The fourth-order valence-corrected chi connectivity index (χ4v) is 2.19. The Hall–Kier alpha value is -0.970. The van der Waals surface area contributed by atoms with Crippen LogP contribution in [0.5, 0.6) is 5.75 Å². The van der Waals surface area contributed by atoms with Crippen molar-refractivity contribution < 1.29 is 14.3 Å². The molecule has 0 radical (unpaired) electrons. The first kappa shape index (κ1) is 16.4. The lowest BCUT2D eigenvalue weighted by Crippen LogP contribution is -2.30. The van der Waals surface area contributed by atoms with Crippen LogP contribution in [0.15, 0.2) is 18.2 Å². The topological polar surface area (TPSA) is 47.6 Å². The molecule has 0 aromatic heterocycles. The molecule has 0 atom stereocenters. The SMILES string of the molecule is O=C(COc1ccc(Cl)cc1Cl)NCCCOCC1CC1. The average Bonchev–Trinajstić information content (AvgIpc) is 3.26. The van der Waals surface area contributed by atoms with Crippen molar-refractivity contribution in [3.05, 3.63) is 28.2 Å². The molecular formula is C15H19Cl2NO3. The van der Waals surface area contributed by atoms with Crippen LogP contribution in [0.2, 0.25) is 10.0 Å². The number of amides is 1. The Kier molecular flexibility index (Phi) is 6.61. The Morgan fingerprint density at radius 3 is 2.86 bits per heavy atom. The molecule has 2 rings (SSSR count). The van der Waals surface area contributed by atoms with E-state index in [1.54, 1.807) is 18.2 Å². The molecule has 0 spiro atoms. The zero-order valence-electron chi connectivity index (χ0n) is 11.7. The van der Waals surface area contributed by atoms with Crippen molar-refractivity contribution in [2.75, 3.05) is 26.4 Å². The summed E-state index contributed by atoms with van der Waals surface area (Å²) in [5, 5.41) is 3.70. The second-order valence-corrected chi connectivity index (χ2v) is 5.93. The highest BCUT2D eigenvalue weighted by Gasteiger charge is 2.20. The van der Waals surface area contributed by atoms with E-state index in [-0.39, 0.29) is 12.5 Å². The summed E-state index contributed by atoms with van der Waals surface area (Å²) in [6, 6.07) is 4.88. The van der Waals surface area contributed by atoms with Crippen molar-refractivity contribution in [2.45, 2.75) is 19.3 Å². The summed E-state index contributed by atoms with van der Waals surface area (Å²) in [7, 11) is 0. The van der Waals surface area contributed by atoms with Gasteiger partial charge in [-0.3, -0.25) is 4.79 Å². The molecule has 0 aliphatic heterocycles. The minimum absolute atomic E-state index is 0.0652. The molecular weight excluding hydrogens is 313 g/mol. The van der Waals surface area contributed by atoms with E-state index in [9.17, 15) is 4.79 Å². The van der Waals surface area contributed by atoms with Gasteiger partial charge in [0.2, 0.25) is 0 Å². The van der Waals surface area contributed by atoms with Crippen LogP contribution < -0.4 is 10.1 Å². The minimum Gasteiger partial charge on any atom is -0.482 e. The Balaban J connectivity index is 1.54. The number of hydrogen-bond acceptors (Lipinski definition) is 3. The largest absolute Gasteiger partial charge is 0.482 e. The standard InChI is InChI=1S/C15H19Cl2NO3/c16-12-4-5-14(13(17)8-12)21-10-15(19)18-6-1-7-20-9-11-2-3-11/h4-5,8,11H,1-3,6-7,9-10H2,(H,18,19). The molecule has 0 bridgehead atoms. The normalized spacial score (nSPS) is 14.0. The van der Waals surface area contributed by atoms with Gasteiger partial charge in [-0.2, -0.15) is 0 Å². The number of rotatable bonds is 9. The number of carbonyl (C=O) groups is 1. The zero-order chi connectivity index (χ0) is 15.1. The fraction of sp³-hybridized carbons (Fsp3) is 0.533. The van der Waals surface area contributed by atoms with Gasteiger partial charge in [-0.25, -0.2) is 0 Å². The quantitative estimate of drug-likeness (QED) is 0.706. The van der Waals surface area contributed by atoms with Crippen LogP contribution >= 0.6 is 23.2 Å². The van der Waals surface area contributed by atoms with E-state index >= 15 is 0 Å². The van der Waals surface area contributed by atoms with Crippen LogP contribution in [-0.2, 0) is 9.53 Å². The number of nitrogens with one attached hydrogen (secondary N) is 1. The first-order valence-corrected chi connectivity index (χ1v) is 7.83. The van der Waals surface area contributed by atoms with E-state index in [1.807, 2.05) is 0 Å². The molecule has 0 saturated heterocycles. The molecule has 116 valence electrons. The van der Waals surface area contributed by atoms with Gasteiger partial charge in [0.05, 0.1) is 5.02 Å². The molecule has 1 amide bonds. The smallest absolute Gasteiger partial charge is 0.257 e. The monoisotopic (exact) mass is 331 g/mol. The van der Waals surface area contributed by atoms with Gasteiger partial charge in [-0.05, 0) is 43.4 Å². The van der Waals surface area contributed by atoms with Crippen LogP contribution in [0.25, 0.3) is 0 Å². The summed E-state index contributed by atoms with van der Waals surface area (Å²) in [6.07, 6.45) is 3.39. The molecule has 1 aromatic carbocycles. The third-order valence-corrected chi connectivity index (χ3v) is 3.62. The lowest BCUT2D eigenvalue weighted by atomic mass is 10.3. The van der Waals surface area contributed by atoms with Gasteiger partial charge in [0.25, 0.3) is 5.91 Å². The van der Waals surface area contributed by atoms with Crippen molar-refractivity contribution in [1.82, 2.24) is 5.32 Å². The first-order valence-electron chi connectivity index (χ1n) is 7.07. The fourth-order valence-electron chi connectivity index (χ4n) is 1.72. The predicted octanol–water partition coefficient (Wildman–Crippen LogP) is 3.31. The van der Waals surface area contributed by atoms with Gasteiger partial charge in [0.1, 0.15) is 5.75 Å². The van der Waals surface area contributed by atoms with E-state index in [1.165, 1.54) is 12.8 Å². The summed E-state index contributed by atoms with van der Waals surface area (Å²) in [5.41, 5.74) is 0. The van der Waals surface area contributed by atoms with Gasteiger partial charge >= 0.3 is 0 Å². The lowest BCUT2D eigenvalue weighted by Gasteiger charge is -2.09. The van der Waals surface area contributed by atoms with E-state index < -0.39 is 0 Å². The highest BCUT2D eigenvalue weighted by Crippen LogP contribution is 2.28. The van der Waals surface area contributed by atoms with Crippen molar-refractivity contribution >= 4 is 29.1 Å². The molecule has 1 saturated carbocycles. The molecule has 21 heavy (non-hydrogen) atoms. The molecule has 1 N–H and O–H groups in total. The highest BCUT2D eigenvalue weighted by atomic mass is 35.5. The van der Waals surface area contributed by atoms with E-state index in [4.69, 9.17) is 32.7 Å². The van der Waals surface area contributed by atoms with Crippen molar-refractivity contribution in [1.29, 1.82) is 0 Å². The third kappa shape index (κ3) is 6.55. The summed E-state index contributed by atoms with van der Waals surface area (Å²) >= 11 is 11.7. The molecule has 1 fully saturated rings. The van der Waals surface area contributed by atoms with Crippen LogP contribution in [0.3, 0.4) is 0 Å². The van der Waals surface area contributed by atoms with E-state index in [0.29, 0.717) is 28.9 Å². The second kappa shape index (κ2) is 8.47. The Morgan fingerprint density at radius 2 is 2.14 bits per heavy atom. The van der Waals surface area contributed by atoms with E-state index in [0.717, 1.165) is 18.9 Å². The number of carbonyl (C=O) groups excluding carboxylic acids is 1. The predicted molar refractivity (Wildman–Crippen MR) is 83.1 cm³/mol. The number of ether oxygens (including phenoxy) is 2. The molecule has 1 aromatic rings. The molecule has 0 heterocycles. The number of benzene rings is 1. The van der Waals surface area contributed by atoms with Crippen molar-refractivity contribution in [3.8, 4) is 5.75 Å². The highest BCUT2D eigenvalue weighted by molar-refractivity contribution is 6.35. The minimum atomic E-state index is -0.178. The molecule has 1 aliphatic rings. The van der Waals surface area contributed by atoms with Crippen LogP contribution in [-0.4, -0.2) is 32.3 Å². The van der Waals surface area contributed by atoms with Gasteiger partial charge in [-0.1, -0.05) is 23.2 Å². The average molecular weight is 332 g/mol. The maximum Gasteiger partial charge on any atom is 0.257 e. The van der Waals surface area contributed by atoms with E-state index in [2.05, 4.69) is 5.32 Å². The zero-order valence-corrected chi connectivity index (χ0v) is 13.3. The van der Waals surface area contributed by atoms with Gasteiger partial charge < -0.3 is 14.8 Å². The van der Waals surface area contributed by atoms with Crippen molar-refractivity contribution in [2.24, 2.45) is 5.92 Å². The summed E-state index contributed by atoms with van der Waals surface area (Å²) in [5.74, 6) is 1.05. The van der Waals surface area contributed by atoms with Crippen LogP contribution in [0.1, 0.15) is 19.3 Å². The maximum atomic E-state index is 11.6. The van der Waals surface area contributed by atoms with Gasteiger partial charge in [0.15, 0.2) is 6.61 Å². The summed E-state index contributed by atoms with van der Waals surface area (Å²) < 4.78 is 10.8. The van der Waals surface area contributed by atoms with Crippen LogP contribution in [0.4, 0.5) is 0 Å². The molecule has 6 heteroatoms. The van der Waals surface area contributed by atoms with Gasteiger partial charge in [0, 0.05) is 24.8 Å². The lowest BCUT2D eigenvalue weighted by molar-refractivity contribution is -0.123. The summed E-state index contributed by atoms with van der Waals surface area (Å²) in [6.45, 7) is 2.05.